The van der Waals surface area contributed by atoms with E-state index in [4.69, 9.17) is 11.6 Å². The maximum atomic E-state index is 13.5. The average molecular weight is 260 g/mol. The number of benzene rings is 1. The predicted octanol–water partition coefficient (Wildman–Crippen LogP) is 3.42. The highest BCUT2D eigenvalue weighted by atomic mass is 35.5. The van der Waals surface area contributed by atoms with Gasteiger partial charge in [0.25, 0.3) is 0 Å². The third-order valence-electron chi connectivity index (χ3n) is 3.25. The minimum atomic E-state index is -0.770. The topological polar surface area (TPSA) is 3.24 Å². The Kier molecular flexibility index (Phi) is 4.35. The number of alkyl halides is 1. The second-order valence-corrected chi connectivity index (χ2v) is 4.92. The molecule has 1 aromatic carbocycles. The number of halogens is 3. The first kappa shape index (κ1) is 12.8. The van der Waals surface area contributed by atoms with Gasteiger partial charge in [-0.05, 0) is 31.4 Å². The molecule has 1 heterocycles. The maximum Gasteiger partial charge on any atom is 0.163 e. The molecule has 1 aliphatic heterocycles. The second-order valence-electron chi connectivity index (χ2n) is 4.61. The molecular formula is C13H16ClF2N. The van der Waals surface area contributed by atoms with Crippen molar-refractivity contribution in [3.05, 3.63) is 35.4 Å². The summed E-state index contributed by atoms with van der Waals surface area (Å²) in [6, 6.07) is 4.34. The summed E-state index contributed by atoms with van der Waals surface area (Å²) in [5.74, 6) is -0.377. The fourth-order valence-electron chi connectivity index (χ4n) is 2.33. The lowest BCUT2D eigenvalue weighted by Gasteiger charge is -2.31. The van der Waals surface area contributed by atoms with E-state index in [1.807, 2.05) is 0 Å². The Morgan fingerprint density at radius 1 is 1.35 bits per heavy atom. The largest absolute Gasteiger partial charge is 0.299 e. The van der Waals surface area contributed by atoms with Gasteiger partial charge < -0.3 is 0 Å². The summed E-state index contributed by atoms with van der Waals surface area (Å²) >= 11 is 5.84. The van der Waals surface area contributed by atoms with Crippen molar-refractivity contribution in [2.75, 3.05) is 19.0 Å². The molecule has 0 N–H and O–H groups in total. The van der Waals surface area contributed by atoms with Crippen LogP contribution in [0.25, 0.3) is 0 Å². The van der Waals surface area contributed by atoms with Gasteiger partial charge in [-0.1, -0.05) is 12.1 Å². The Bertz CT molecular complexity index is 384. The van der Waals surface area contributed by atoms with Crippen molar-refractivity contribution < 1.29 is 8.78 Å². The first-order chi connectivity index (χ1) is 8.20. The quantitative estimate of drug-likeness (QED) is 0.752. The Labute approximate surface area is 105 Å². The van der Waals surface area contributed by atoms with Gasteiger partial charge in [0.05, 0.1) is 0 Å². The Morgan fingerprint density at radius 3 is 2.94 bits per heavy atom. The first-order valence-electron chi connectivity index (χ1n) is 5.92. The monoisotopic (exact) mass is 259 g/mol. The van der Waals surface area contributed by atoms with Crippen molar-refractivity contribution >= 4 is 11.6 Å². The van der Waals surface area contributed by atoms with E-state index in [9.17, 15) is 8.78 Å². The molecule has 0 saturated carbocycles. The number of hydrogen-bond acceptors (Lipinski definition) is 1. The van der Waals surface area contributed by atoms with Gasteiger partial charge in [-0.3, -0.25) is 4.90 Å². The molecule has 1 nitrogen and oxygen atoms in total. The van der Waals surface area contributed by atoms with Gasteiger partial charge in [0.1, 0.15) is 0 Å². The highest BCUT2D eigenvalue weighted by Crippen LogP contribution is 2.21. The normalized spacial score (nSPS) is 21.7. The minimum absolute atomic E-state index is 0.431. The highest BCUT2D eigenvalue weighted by molar-refractivity contribution is 6.18. The lowest BCUT2D eigenvalue weighted by atomic mass is 9.99. The molecule has 0 spiro atoms. The summed E-state index contributed by atoms with van der Waals surface area (Å²) < 4.78 is 26.6. The van der Waals surface area contributed by atoms with Gasteiger partial charge in [0, 0.05) is 24.5 Å². The van der Waals surface area contributed by atoms with Gasteiger partial charge in [-0.15, -0.1) is 11.6 Å². The van der Waals surface area contributed by atoms with E-state index in [2.05, 4.69) is 4.90 Å². The summed E-state index contributed by atoms with van der Waals surface area (Å²) in [6.07, 6.45) is 2.21. The van der Waals surface area contributed by atoms with Crippen LogP contribution in [-0.2, 0) is 6.54 Å². The van der Waals surface area contributed by atoms with E-state index in [-0.39, 0.29) is 0 Å². The fraction of sp³-hybridized carbons (Fsp3) is 0.538. The summed E-state index contributed by atoms with van der Waals surface area (Å²) in [5.41, 5.74) is 0.431. The molecule has 0 radical (unpaired) electrons. The van der Waals surface area contributed by atoms with Crippen LogP contribution in [0.5, 0.6) is 0 Å². The molecule has 1 unspecified atom stereocenters. The van der Waals surface area contributed by atoms with E-state index >= 15 is 0 Å². The zero-order chi connectivity index (χ0) is 12.3. The Morgan fingerprint density at radius 2 is 2.18 bits per heavy atom. The van der Waals surface area contributed by atoms with Crippen molar-refractivity contribution in [1.29, 1.82) is 0 Å². The maximum absolute atomic E-state index is 13.5. The van der Waals surface area contributed by atoms with Crippen LogP contribution < -0.4 is 0 Å². The summed E-state index contributed by atoms with van der Waals surface area (Å²) in [7, 11) is 0. The number of hydrogen-bond donors (Lipinski definition) is 0. The Balaban J connectivity index is 2.02. The third kappa shape index (κ3) is 3.17. The lowest BCUT2D eigenvalue weighted by Crippen LogP contribution is -2.35. The van der Waals surface area contributed by atoms with E-state index < -0.39 is 11.6 Å². The van der Waals surface area contributed by atoms with E-state index in [0.717, 1.165) is 32.0 Å². The second kappa shape index (κ2) is 5.78. The molecule has 0 aromatic heterocycles. The third-order valence-corrected chi connectivity index (χ3v) is 3.68. The summed E-state index contributed by atoms with van der Waals surface area (Å²) in [6.45, 7) is 2.28. The van der Waals surface area contributed by atoms with Crippen LogP contribution in [0.4, 0.5) is 8.78 Å². The van der Waals surface area contributed by atoms with Crippen molar-refractivity contribution in [2.24, 2.45) is 5.92 Å². The number of rotatable bonds is 3. The van der Waals surface area contributed by atoms with Crippen molar-refractivity contribution in [2.45, 2.75) is 19.4 Å². The molecule has 0 aliphatic carbocycles. The van der Waals surface area contributed by atoms with Crippen molar-refractivity contribution in [1.82, 2.24) is 4.90 Å². The Hall–Kier alpha value is -0.670. The molecule has 1 aromatic rings. The smallest absolute Gasteiger partial charge is 0.163 e. The SMILES string of the molecule is Fc1cccc(CN2CCCC(CCl)C2)c1F. The number of piperidine rings is 1. The zero-order valence-electron chi connectivity index (χ0n) is 9.63. The molecule has 2 rings (SSSR count). The molecule has 0 amide bonds. The molecule has 1 fully saturated rings. The van der Waals surface area contributed by atoms with Crippen LogP contribution >= 0.6 is 11.6 Å². The molecule has 4 heteroatoms. The van der Waals surface area contributed by atoms with Crippen LogP contribution in [0.3, 0.4) is 0 Å². The van der Waals surface area contributed by atoms with Crippen LogP contribution in [0.2, 0.25) is 0 Å². The molecular weight excluding hydrogens is 244 g/mol. The molecule has 1 aliphatic rings. The highest BCUT2D eigenvalue weighted by Gasteiger charge is 2.20. The van der Waals surface area contributed by atoms with Gasteiger partial charge in [0.15, 0.2) is 11.6 Å². The van der Waals surface area contributed by atoms with E-state index in [0.29, 0.717) is 23.9 Å². The van der Waals surface area contributed by atoms with E-state index in [1.54, 1.807) is 12.1 Å². The zero-order valence-corrected chi connectivity index (χ0v) is 10.4. The van der Waals surface area contributed by atoms with Crippen LogP contribution in [0.15, 0.2) is 18.2 Å². The predicted molar refractivity (Wildman–Crippen MR) is 65.1 cm³/mol. The number of nitrogens with zero attached hydrogens (tertiary/aromatic N) is 1. The lowest BCUT2D eigenvalue weighted by molar-refractivity contribution is 0.176. The molecule has 17 heavy (non-hydrogen) atoms. The average Bonchev–Trinajstić information content (AvgIpc) is 2.35. The van der Waals surface area contributed by atoms with Gasteiger partial charge in [0.2, 0.25) is 0 Å². The van der Waals surface area contributed by atoms with Crippen LogP contribution in [0.1, 0.15) is 18.4 Å². The summed E-state index contributed by atoms with van der Waals surface area (Å²) in [4.78, 5) is 2.15. The summed E-state index contributed by atoms with van der Waals surface area (Å²) in [5, 5.41) is 0. The molecule has 1 saturated heterocycles. The van der Waals surface area contributed by atoms with Gasteiger partial charge >= 0.3 is 0 Å². The van der Waals surface area contributed by atoms with Crippen LogP contribution in [-0.4, -0.2) is 23.9 Å². The van der Waals surface area contributed by atoms with Gasteiger partial charge in [-0.2, -0.15) is 0 Å². The first-order valence-corrected chi connectivity index (χ1v) is 6.45. The van der Waals surface area contributed by atoms with Gasteiger partial charge in [-0.25, -0.2) is 8.78 Å². The molecule has 94 valence electrons. The fourth-order valence-corrected chi connectivity index (χ4v) is 2.58. The van der Waals surface area contributed by atoms with Crippen LogP contribution in [0, 0.1) is 17.6 Å². The molecule has 1 atom stereocenters. The van der Waals surface area contributed by atoms with Crippen molar-refractivity contribution in [3.8, 4) is 0 Å². The van der Waals surface area contributed by atoms with Crippen molar-refractivity contribution in [3.63, 3.8) is 0 Å². The number of likely N-dealkylation sites (tertiary alicyclic amines) is 1. The standard InChI is InChI=1S/C13H16ClF2N/c14-7-10-3-2-6-17(8-10)9-11-4-1-5-12(15)13(11)16/h1,4-5,10H,2-3,6-9H2. The van der Waals surface area contributed by atoms with E-state index in [1.165, 1.54) is 0 Å². The minimum Gasteiger partial charge on any atom is -0.299 e. The molecule has 0 bridgehead atoms.